The summed E-state index contributed by atoms with van der Waals surface area (Å²) in [5, 5.41) is 0. The maximum atomic E-state index is 11.9. The van der Waals surface area contributed by atoms with Gasteiger partial charge in [-0.1, -0.05) is 18.2 Å². The second kappa shape index (κ2) is 11.2. The van der Waals surface area contributed by atoms with E-state index >= 15 is 0 Å². The van der Waals surface area contributed by atoms with Gasteiger partial charge in [-0.05, 0) is 43.7 Å². The lowest BCUT2D eigenvalue weighted by molar-refractivity contribution is -0.156. The van der Waals surface area contributed by atoms with Gasteiger partial charge in [0.1, 0.15) is 18.2 Å². The molecule has 0 saturated carbocycles. The molecule has 1 unspecified atom stereocenters. The van der Waals surface area contributed by atoms with Gasteiger partial charge < -0.3 is 19.1 Å². The van der Waals surface area contributed by atoms with Crippen molar-refractivity contribution >= 4 is 11.8 Å². The first-order valence-electron chi connectivity index (χ1n) is 9.26. The lowest BCUT2D eigenvalue weighted by atomic mass is 10.1. The summed E-state index contributed by atoms with van der Waals surface area (Å²) in [6, 6.07) is 13.5. The highest BCUT2D eigenvalue weighted by Crippen LogP contribution is 2.15. The van der Waals surface area contributed by atoms with Crippen LogP contribution in [-0.4, -0.2) is 50.5 Å². The van der Waals surface area contributed by atoms with Crippen LogP contribution in [0.1, 0.15) is 19.4 Å². The zero-order valence-electron chi connectivity index (χ0n) is 16.3. The van der Waals surface area contributed by atoms with Crippen molar-refractivity contribution in [2.45, 2.75) is 26.4 Å². The molecule has 0 spiro atoms. The van der Waals surface area contributed by atoms with Gasteiger partial charge in [0.2, 0.25) is 0 Å². The van der Waals surface area contributed by atoms with Gasteiger partial charge in [-0.25, -0.2) is 9.78 Å². The summed E-state index contributed by atoms with van der Waals surface area (Å²) in [6.45, 7) is 5.75. The Kier molecular flexibility index (Phi) is 8.58. The second-order valence-corrected chi connectivity index (χ2v) is 6.00. The number of benzene rings is 1. The van der Waals surface area contributed by atoms with Crippen LogP contribution in [0.3, 0.4) is 0 Å². The van der Waals surface area contributed by atoms with E-state index in [-0.39, 0.29) is 5.97 Å². The number of rotatable bonds is 11. The normalized spacial score (nSPS) is 11.7. The number of carbonyl (C=O) groups is 1. The maximum Gasteiger partial charge on any atom is 0.335 e. The van der Waals surface area contributed by atoms with Crippen molar-refractivity contribution in [1.82, 2.24) is 4.98 Å². The third kappa shape index (κ3) is 6.90. The number of anilines is 1. The minimum absolute atomic E-state index is 0.322. The predicted octanol–water partition coefficient (Wildman–Crippen LogP) is 3.11. The Bertz CT molecular complexity index is 676. The molecule has 1 aromatic carbocycles. The zero-order chi connectivity index (χ0) is 19.5. The Labute approximate surface area is 161 Å². The Morgan fingerprint density at radius 3 is 2.52 bits per heavy atom. The van der Waals surface area contributed by atoms with Crippen LogP contribution in [0.25, 0.3) is 0 Å². The third-order valence-electron chi connectivity index (χ3n) is 4.00. The molecule has 6 heteroatoms. The van der Waals surface area contributed by atoms with Crippen molar-refractivity contribution in [1.29, 1.82) is 0 Å². The lowest BCUT2D eigenvalue weighted by Crippen LogP contribution is -2.29. The first kappa shape index (κ1) is 20.7. The summed E-state index contributed by atoms with van der Waals surface area (Å²) < 4.78 is 16.4. The molecule has 0 aliphatic heterocycles. The molecule has 0 N–H and O–H groups in total. The number of hydrogen-bond acceptors (Lipinski definition) is 6. The summed E-state index contributed by atoms with van der Waals surface area (Å²) in [6.07, 6.45) is 1.68. The molecule has 27 heavy (non-hydrogen) atoms. The number of ether oxygens (including phenoxy) is 3. The highest BCUT2D eigenvalue weighted by Gasteiger charge is 2.20. The van der Waals surface area contributed by atoms with Crippen LogP contribution in [0, 0.1) is 0 Å². The highest BCUT2D eigenvalue weighted by molar-refractivity contribution is 5.75. The van der Waals surface area contributed by atoms with E-state index in [1.807, 2.05) is 61.3 Å². The molecule has 0 amide bonds. The minimum Gasteiger partial charge on any atom is -0.492 e. The monoisotopic (exact) mass is 372 g/mol. The molecule has 0 aliphatic carbocycles. The van der Waals surface area contributed by atoms with Gasteiger partial charge in [-0.15, -0.1) is 0 Å². The third-order valence-corrected chi connectivity index (χ3v) is 4.00. The number of nitrogens with zero attached hydrogens (tertiary/aromatic N) is 2. The lowest BCUT2D eigenvalue weighted by Gasteiger charge is -2.18. The molecule has 1 aromatic heterocycles. The van der Waals surface area contributed by atoms with Gasteiger partial charge in [0, 0.05) is 26.3 Å². The number of hydrogen-bond donors (Lipinski definition) is 0. The first-order valence-corrected chi connectivity index (χ1v) is 9.26. The van der Waals surface area contributed by atoms with E-state index in [4.69, 9.17) is 14.2 Å². The van der Waals surface area contributed by atoms with Gasteiger partial charge in [-0.2, -0.15) is 0 Å². The summed E-state index contributed by atoms with van der Waals surface area (Å²) in [5.41, 5.74) is 0.999. The first-order chi connectivity index (χ1) is 13.1. The van der Waals surface area contributed by atoms with Crippen LogP contribution >= 0.6 is 0 Å². The number of carbonyl (C=O) groups excluding carboxylic acids is 1. The molecule has 2 rings (SSSR count). The Balaban J connectivity index is 1.82. The van der Waals surface area contributed by atoms with Crippen molar-refractivity contribution in [2.24, 2.45) is 0 Å². The average Bonchev–Trinajstić information content (AvgIpc) is 2.69. The quantitative estimate of drug-likeness (QED) is 0.565. The van der Waals surface area contributed by atoms with Crippen LogP contribution in [0.2, 0.25) is 0 Å². The SMILES string of the molecule is CCOC(=O)C(Cc1ccc(OCCN(C)c2ccccn2)cc1)OCC. The molecule has 0 radical (unpaired) electrons. The summed E-state index contributed by atoms with van der Waals surface area (Å²) in [5.74, 6) is 1.38. The van der Waals surface area contributed by atoms with Crippen LogP contribution in [-0.2, 0) is 20.7 Å². The van der Waals surface area contributed by atoms with E-state index in [2.05, 4.69) is 4.98 Å². The molecule has 1 atom stereocenters. The van der Waals surface area contributed by atoms with Crippen LogP contribution < -0.4 is 9.64 Å². The van der Waals surface area contributed by atoms with Gasteiger partial charge in [0.15, 0.2) is 6.10 Å². The molecule has 0 aliphatic rings. The van der Waals surface area contributed by atoms with E-state index in [9.17, 15) is 4.79 Å². The fourth-order valence-electron chi connectivity index (χ4n) is 2.58. The molecule has 0 fully saturated rings. The van der Waals surface area contributed by atoms with E-state index in [0.29, 0.717) is 26.2 Å². The molecule has 2 aromatic rings. The second-order valence-electron chi connectivity index (χ2n) is 6.00. The van der Waals surface area contributed by atoms with Crippen molar-refractivity contribution in [3.63, 3.8) is 0 Å². The Morgan fingerprint density at radius 1 is 1.11 bits per heavy atom. The van der Waals surface area contributed by atoms with Crippen LogP contribution in [0.5, 0.6) is 5.75 Å². The molecular formula is C21H28N2O4. The maximum absolute atomic E-state index is 11.9. The van der Waals surface area contributed by atoms with Crippen molar-refractivity contribution < 1.29 is 19.0 Å². The van der Waals surface area contributed by atoms with Crippen molar-refractivity contribution in [3.8, 4) is 5.75 Å². The van der Waals surface area contributed by atoms with E-state index in [0.717, 1.165) is 23.7 Å². The summed E-state index contributed by atoms with van der Waals surface area (Å²) >= 11 is 0. The van der Waals surface area contributed by atoms with Crippen molar-refractivity contribution in [2.75, 3.05) is 38.3 Å². The van der Waals surface area contributed by atoms with E-state index < -0.39 is 6.10 Å². The molecular weight excluding hydrogens is 344 g/mol. The Hall–Kier alpha value is -2.60. The van der Waals surface area contributed by atoms with Crippen molar-refractivity contribution in [3.05, 3.63) is 54.2 Å². The molecule has 6 nitrogen and oxygen atoms in total. The molecule has 1 heterocycles. The zero-order valence-corrected chi connectivity index (χ0v) is 16.3. The largest absolute Gasteiger partial charge is 0.492 e. The van der Waals surface area contributed by atoms with Gasteiger partial charge >= 0.3 is 5.97 Å². The smallest absolute Gasteiger partial charge is 0.335 e. The minimum atomic E-state index is -0.575. The van der Waals surface area contributed by atoms with Crippen LogP contribution in [0.4, 0.5) is 5.82 Å². The van der Waals surface area contributed by atoms with Gasteiger partial charge in [0.25, 0.3) is 0 Å². The predicted molar refractivity (Wildman–Crippen MR) is 105 cm³/mol. The fraction of sp³-hybridized carbons (Fsp3) is 0.429. The summed E-state index contributed by atoms with van der Waals surface area (Å²) in [4.78, 5) is 18.3. The average molecular weight is 372 g/mol. The van der Waals surface area contributed by atoms with Gasteiger partial charge in [0.05, 0.1) is 13.2 Å². The summed E-state index contributed by atoms with van der Waals surface area (Å²) in [7, 11) is 1.98. The standard InChI is InChI=1S/C21H28N2O4/c1-4-25-19(21(24)26-5-2)16-17-9-11-18(12-10-17)27-15-14-23(3)20-8-6-7-13-22-20/h6-13,19H,4-5,14-16H2,1-3H3. The molecule has 146 valence electrons. The van der Waals surface area contributed by atoms with Gasteiger partial charge in [-0.3, -0.25) is 0 Å². The van der Waals surface area contributed by atoms with E-state index in [1.54, 1.807) is 13.1 Å². The molecule has 0 bridgehead atoms. The highest BCUT2D eigenvalue weighted by atomic mass is 16.6. The number of pyridine rings is 1. The number of aromatic nitrogens is 1. The topological polar surface area (TPSA) is 60.9 Å². The fourth-order valence-corrected chi connectivity index (χ4v) is 2.58. The van der Waals surface area contributed by atoms with E-state index in [1.165, 1.54) is 0 Å². The molecule has 0 saturated heterocycles. The number of likely N-dealkylation sites (N-methyl/N-ethyl adjacent to an activating group) is 1. The van der Waals surface area contributed by atoms with Crippen LogP contribution in [0.15, 0.2) is 48.7 Å². The Morgan fingerprint density at radius 2 is 1.89 bits per heavy atom. The number of esters is 1.